The van der Waals surface area contributed by atoms with Crippen LogP contribution in [0.3, 0.4) is 0 Å². The van der Waals surface area contributed by atoms with Gasteiger partial charge in [-0.05, 0) is 0 Å². The van der Waals surface area contributed by atoms with E-state index < -0.39 is 10.2 Å². The van der Waals surface area contributed by atoms with Crippen LogP contribution in [0.2, 0.25) is 5.02 Å². The number of rotatable bonds is 1. The molecule has 0 aliphatic carbocycles. The van der Waals surface area contributed by atoms with E-state index in [1.54, 1.807) is 6.20 Å². The lowest BCUT2D eigenvalue weighted by Gasteiger charge is -2.12. The van der Waals surface area contributed by atoms with E-state index >= 15 is 0 Å². The fourth-order valence-corrected chi connectivity index (χ4v) is 2.90. The van der Waals surface area contributed by atoms with E-state index in [-0.39, 0.29) is 6.42 Å². The predicted octanol–water partition coefficient (Wildman–Crippen LogP) is 2.34. The second-order valence-electron chi connectivity index (χ2n) is 2.76. The number of aromatic nitrogens is 1. The molecular formula is C7H5Cl2NO2S. The highest BCUT2D eigenvalue weighted by molar-refractivity contribution is 8.03. The summed E-state index contributed by atoms with van der Waals surface area (Å²) in [5, 5.41) is 10.1. The van der Waals surface area contributed by atoms with Gasteiger partial charge in [0.1, 0.15) is 0 Å². The summed E-state index contributed by atoms with van der Waals surface area (Å²) in [7, 11) is 0. The third-order valence-corrected chi connectivity index (χ3v) is 3.95. The van der Waals surface area contributed by atoms with E-state index in [0.29, 0.717) is 5.02 Å². The van der Waals surface area contributed by atoms with E-state index in [4.69, 9.17) is 28.3 Å². The SMILES string of the molecule is O=C(O)C1(Cl)Cc2c(Cl)c[nH]c2S1. The highest BCUT2D eigenvalue weighted by Gasteiger charge is 2.45. The van der Waals surface area contributed by atoms with E-state index in [0.717, 1.165) is 22.4 Å². The van der Waals surface area contributed by atoms with Crippen molar-refractivity contribution in [3.05, 3.63) is 16.8 Å². The summed E-state index contributed by atoms with van der Waals surface area (Å²) in [6, 6.07) is 0. The number of halogens is 2. The molecule has 0 saturated heterocycles. The Labute approximate surface area is 88.4 Å². The van der Waals surface area contributed by atoms with Crippen molar-refractivity contribution in [1.82, 2.24) is 4.98 Å². The third-order valence-electron chi connectivity index (χ3n) is 1.88. The summed E-state index contributed by atoms with van der Waals surface area (Å²) in [6.45, 7) is 0. The van der Waals surface area contributed by atoms with Crippen LogP contribution in [0.15, 0.2) is 11.2 Å². The highest BCUT2D eigenvalue weighted by Crippen LogP contribution is 2.49. The molecule has 0 fully saturated rings. The predicted molar refractivity (Wildman–Crippen MR) is 51.6 cm³/mol. The zero-order chi connectivity index (χ0) is 9.64. The van der Waals surface area contributed by atoms with E-state index in [1.807, 2.05) is 0 Å². The summed E-state index contributed by atoms with van der Waals surface area (Å²) in [5.41, 5.74) is 0.795. The van der Waals surface area contributed by atoms with Crippen molar-refractivity contribution in [2.75, 3.05) is 0 Å². The minimum atomic E-state index is -1.29. The molecule has 13 heavy (non-hydrogen) atoms. The van der Waals surface area contributed by atoms with Gasteiger partial charge in [-0.25, -0.2) is 4.79 Å². The smallest absolute Gasteiger partial charge is 0.335 e. The lowest BCUT2D eigenvalue weighted by atomic mass is 10.2. The Morgan fingerprint density at radius 3 is 3.00 bits per heavy atom. The largest absolute Gasteiger partial charge is 0.479 e. The van der Waals surface area contributed by atoms with Gasteiger partial charge in [-0.15, -0.1) is 0 Å². The van der Waals surface area contributed by atoms with Gasteiger partial charge in [0.05, 0.1) is 10.0 Å². The maximum absolute atomic E-state index is 10.8. The first-order valence-corrected chi connectivity index (χ1v) is 5.07. The summed E-state index contributed by atoms with van der Waals surface area (Å²) >= 11 is 12.8. The molecule has 70 valence electrons. The Balaban J connectivity index is 2.37. The monoisotopic (exact) mass is 237 g/mol. The average molecular weight is 238 g/mol. The van der Waals surface area contributed by atoms with Crippen LogP contribution in [0.25, 0.3) is 0 Å². The van der Waals surface area contributed by atoms with Gasteiger partial charge in [0.15, 0.2) is 4.21 Å². The van der Waals surface area contributed by atoms with Crippen molar-refractivity contribution in [3.8, 4) is 0 Å². The van der Waals surface area contributed by atoms with Gasteiger partial charge in [-0.3, -0.25) is 0 Å². The van der Waals surface area contributed by atoms with Gasteiger partial charge in [0.25, 0.3) is 0 Å². The number of nitrogens with one attached hydrogen (secondary N) is 1. The first kappa shape index (κ1) is 9.24. The lowest BCUT2D eigenvalue weighted by Crippen LogP contribution is -2.27. The number of carboxylic acids is 1. The summed E-state index contributed by atoms with van der Waals surface area (Å²) in [5.74, 6) is -1.03. The molecule has 0 bridgehead atoms. The molecule has 2 N–H and O–H groups in total. The van der Waals surface area contributed by atoms with Crippen molar-refractivity contribution in [3.63, 3.8) is 0 Å². The minimum Gasteiger partial charge on any atom is -0.479 e. The van der Waals surface area contributed by atoms with Crippen LogP contribution in [0, 0.1) is 0 Å². The molecule has 6 heteroatoms. The van der Waals surface area contributed by atoms with Crippen molar-refractivity contribution in [1.29, 1.82) is 0 Å². The Hall–Kier alpha value is -0.320. The van der Waals surface area contributed by atoms with Crippen LogP contribution in [-0.2, 0) is 11.2 Å². The first-order chi connectivity index (χ1) is 6.03. The highest BCUT2D eigenvalue weighted by atomic mass is 35.5. The Bertz CT molecular complexity index is 379. The van der Waals surface area contributed by atoms with Crippen LogP contribution in [0.5, 0.6) is 0 Å². The molecule has 1 aromatic rings. The molecule has 0 spiro atoms. The van der Waals surface area contributed by atoms with Crippen LogP contribution in [0.4, 0.5) is 0 Å². The van der Waals surface area contributed by atoms with Gasteiger partial charge in [0.2, 0.25) is 0 Å². The average Bonchev–Trinajstić information content (AvgIpc) is 2.52. The molecule has 1 aliphatic heterocycles. The fraction of sp³-hybridized carbons (Fsp3) is 0.286. The number of carboxylic acid groups (broad SMARTS) is 1. The molecular weight excluding hydrogens is 233 g/mol. The summed E-state index contributed by atoms with van der Waals surface area (Å²) < 4.78 is -1.29. The van der Waals surface area contributed by atoms with Crippen LogP contribution >= 0.6 is 35.0 Å². The summed E-state index contributed by atoms with van der Waals surface area (Å²) in [6.07, 6.45) is 1.89. The van der Waals surface area contributed by atoms with Crippen LogP contribution < -0.4 is 0 Å². The molecule has 3 nitrogen and oxygen atoms in total. The maximum Gasteiger partial charge on any atom is 0.335 e. The van der Waals surface area contributed by atoms with Crippen molar-refractivity contribution < 1.29 is 9.90 Å². The standard InChI is InChI=1S/C7H5Cl2NO2S/c8-4-2-10-5-3(4)1-7(9,13-5)6(11)12/h2,10H,1H2,(H,11,12). The number of aromatic amines is 1. The molecule has 1 unspecified atom stereocenters. The topological polar surface area (TPSA) is 53.1 Å². The van der Waals surface area contributed by atoms with Gasteiger partial charge >= 0.3 is 5.97 Å². The molecule has 1 atom stereocenters. The molecule has 0 aromatic carbocycles. The zero-order valence-corrected chi connectivity index (χ0v) is 8.63. The Morgan fingerprint density at radius 2 is 2.46 bits per heavy atom. The number of H-pyrrole nitrogens is 1. The first-order valence-electron chi connectivity index (χ1n) is 3.50. The second-order valence-corrected chi connectivity index (χ2v) is 5.34. The Kier molecular flexibility index (Phi) is 2.02. The van der Waals surface area contributed by atoms with Crippen molar-refractivity contribution >= 4 is 40.9 Å². The van der Waals surface area contributed by atoms with Crippen molar-refractivity contribution in [2.45, 2.75) is 15.7 Å². The normalized spacial score (nSPS) is 26.0. The molecule has 1 aliphatic rings. The number of hydrogen-bond donors (Lipinski definition) is 2. The van der Waals surface area contributed by atoms with Gasteiger partial charge in [-0.2, -0.15) is 0 Å². The minimum absolute atomic E-state index is 0.256. The number of hydrogen-bond acceptors (Lipinski definition) is 2. The molecule has 0 saturated carbocycles. The number of alkyl halides is 1. The van der Waals surface area contributed by atoms with Crippen molar-refractivity contribution in [2.24, 2.45) is 0 Å². The fourth-order valence-electron chi connectivity index (χ4n) is 1.21. The van der Waals surface area contributed by atoms with Crippen LogP contribution in [-0.4, -0.2) is 20.3 Å². The number of aliphatic carboxylic acids is 1. The number of fused-ring (bicyclic) bond motifs is 1. The molecule has 2 rings (SSSR count). The molecule has 2 heterocycles. The third kappa shape index (κ3) is 1.33. The van der Waals surface area contributed by atoms with Gasteiger partial charge in [-0.1, -0.05) is 35.0 Å². The molecule has 0 radical (unpaired) electrons. The number of thioether (sulfide) groups is 1. The quantitative estimate of drug-likeness (QED) is 0.738. The van der Waals surface area contributed by atoms with E-state index in [1.165, 1.54) is 0 Å². The van der Waals surface area contributed by atoms with E-state index in [2.05, 4.69) is 4.98 Å². The zero-order valence-electron chi connectivity index (χ0n) is 6.30. The summed E-state index contributed by atoms with van der Waals surface area (Å²) in [4.78, 5) is 13.7. The Morgan fingerprint density at radius 1 is 1.77 bits per heavy atom. The number of carbonyl (C=O) groups is 1. The van der Waals surface area contributed by atoms with Gasteiger partial charge in [0, 0.05) is 18.2 Å². The van der Waals surface area contributed by atoms with Gasteiger partial charge < -0.3 is 10.1 Å². The molecule has 1 aromatic heterocycles. The van der Waals surface area contributed by atoms with E-state index in [9.17, 15) is 4.79 Å². The lowest BCUT2D eigenvalue weighted by molar-refractivity contribution is -0.137. The molecule has 0 amide bonds. The maximum atomic E-state index is 10.8. The second kappa shape index (κ2) is 2.83. The van der Waals surface area contributed by atoms with Crippen LogP contribution in [0.1, 0.15) is 5.56 Å².